The number of fused-ring (bicyclic) bond motifs is 1. The SMILES string of the molecule is CC(C)C[C@H](NC(=O)[C@H](CC1CC1)NC(=O)[C@@H]1CCN1c1ccc2[nH]ncc2c1)B(O)O. The van der Waals surface area contributed by atoms with Gasteiger partial charge in [0.2, 0.25) is 11.8 Å². The van der Waals surface area contributed by atoms with Gasteiger partial charge >= 0.3 is 7.12 Å². The molecule has 1 aromatic heterocycles. The van der Waals surface area contributed by atoms with Crippen molar-refractivity contribution in [2.75, 3.05) is 11.4 Å². The standard InChI is InChI=1S/C22H32BN5O4/c1-13(2)9-20(23(31)32)26-21(29)18(10-14-3-4-14)25-22(30)19-7-8-28(19)16-5-6-17-15(11-16)12-24-27-17/h5-6,11-14,18-20,31-32H,3-4,7-10H2,1-2H3,(H,24,27)(H,25,30)(H,26,29)/t18-,19-,20-/m0/s1. The van der Waals surface area contributed by atoms with E-state index in [9.17, 15) is 19.6 Å². The molecule has 5 N–H and O–H groups in total. The van der Waals surface area contributed by atoms with E-state index in [0.717, 1.165) is 42.4 Å². The number of rotatable bonds is 10. The monoisotopic (exact) mass is 441 g/mol. The van der Waals surface area contributed by atoms with Crippen LogP contribution in [0.4, 0.5) is 5.69 Å². The molecule has 2 aliphatic rings. The highest BCUT2D eigenvalue weighted by molar-refractivity contribution is 6.43. The van der Waals surface area contributed by atoms with E-state index in [1.807, 2.05) is 36.9 Å². The highest BCUT2D eigenvalue weighted by atomic mass is 16.4. The zero-order valence-corrected chi connectivity index (χ0v) is 18.6. The van der Waals surface area contributed by atoms with Crippen molar-refractivity contribution in [2.24, 2.45) is 11.8 Å². The van der Waals surface area contributed by atoms with E-state index in [-0.39, 0.29) is 23.8 Å². The van der Waals surface area contributed by atoms with E-state index >= 15 is 0 Å². The number of anilines is 1. The van der Waals surface area contributed by atoms with Crippen molar-refractivity contribution in [3.05, 3.63) is 24.4 Å². The van der Waals surface area contributed by atoms with Gasteiger partial charge in [-0.2, -0.15) is 5.10 Å². The van der Waals surface area contributed by atoms with Gasteiger partial charge in [-0.3, -0.25) is 14.7 Å². The molecule has 1 aliphatic carbocycles. The third kappa shape index (κ3) is 5.24. The predicted octanol–water partition coefficient (Wildman–Crippen LogP) is 0.969. The maximum Gasteiger partial charge on any atom is 0.475 e. The first kappa shape index (κ1) is 22.6. The summed E-state index contributed by atoms with van der Waals surface area (Å²) in [7, 11) is -1.64. The number of H-pyrrole nitrogens is 1. The third-order valence-corrected chi connectivity index (χ3v) is 6.39. The molecule has 32 heavy (non-hydrogen) atoms. The van der Waals surface area contributed by atoms with Crippen molar-refractivity contribution >= 4 is 35.5 Å². The van der Waals surface area contributed by atoms with Crippen LogP contribution in [0, 0.1) is 11.8 Å². The first-order valence-electron chi connectivity index (χ1n) is 11.5. The molecule has 4 rings (SSSR count). The van der Waals surface area contributed by atoms with Crippen molar-refractivity contribution in [3.8, 4) is 0 Å². The number of hydrogen-bond donors (Lipinski definition) is 5. The van der Waals surface area contributed by atoms with Crippen LogP contribution in [0.3, 0.4) is 0 Å². The Bertz CT molecular complexity index is 961. The van der Waals surface area contributed by atoms with Gasteiger partial charge in [-0.1, -0.05) is 26.7 Å². The van der Waals surface area contributed by atoms with E-state index < -0.39 is 19.1 Å². The molecule has 1 saturated carbocycles. The smallest absolute Gasteiger partial charge is 0.426 e. The van der Waals surface area contributed by atoms with Crippen LogP contribution < -0.4 is 15.5 Å². The molecule has 1 aromatic carbocycles. The summed E-state index contributed by atoms with van der Waals surface area (Å²) in [6, 6.07) is 4.91. The Balaban J connectivity index is 1.41. The first-order valence-corrected chi connectivity index (χ1v) is 11.5. The third-order valence-electron chi connectivity index (χ3n) is 6.39. The molecule has 172 valence electrons. The molecule has 0 bridgehead atoms. The minimum absolute atomic E-state index is 0.172. The maximum absolute atomic E-state index is 13.1. The Hall–Kier alpha value is -2.59. The molecule has 1 aliphatic heterocycles. The quantitative estimate of drug-likeness (QED) is 0.350. The molecule has 0 radical (unpaired) electrons. The lowest BCUT2D eigenvalue weighted by Gasteiger charge is -2.42. The molecule has 9 nitrogen and oxygen atoms in total. The highest BCUT2D eigenvalue weighted by Crippen LogP contribution is 2.34. The first-order chi connectivity index (χ1) is 15.3. The van der Waals surface area contributed by atoms with E-state index in [1.54, 1.807) is 6.20 Å². The van der Waals surface area contributed by atoms with Gasteiger partial charge in [-0.05, 0) is 49.3 Å². The van der Waals surface area contributed by atoms with Crippen molar-refractivity contribution in [1.82, 2.24) is 20.8 Å². The molecule has 0 unspecified atom stereocenters. The molecular weight excluding hydrogens is 409 g/mol. The lowest BCUT2D eigenvalue weighted by molar-refractivity contribution is -0.130. The van der Waals surface area contributed by atoms with Gasteiger partial charge in [-0.25, -0.2) is 0 Å². The maximum atomic E-state index is 13.1. The Labute approximate surface area is 188 Å². The minimum atomic E-state index is -1.64. The van der Waals surface area contributed by atoms with Crippen LogP contribution in [0.2, 0.25) is 0 Å². The average molecular weight is 441 g/mol. The van der Waals surface area contributed by atoms with Gasteiger partial charge in [0.05, 0.1) is 17.7 Å². The summed E-state index contributed by atoms with van der Waals surface area (Å²) < 4.78 is 0. The molecule has 2 amide bonds. The second-order valence-corrected chi connectivity index (χ2v) is 9.54. The van der Waals surface area contributed by atoms with Gasteiger partial charge in [0, 0.05) is 17.6 Å². The van der Waals surface area contributed by atoms with Crippen molar-refractivity contribution in [1.29, 1.82) is 0 Å². The van der Waals surface area contributed by atoms with Gasteiger partial charge in [0.25, 0.3) is 0 Å². The topological polar surface area (TPSA) is 131 Å². The van der Waals surface area contributed by atoms with Crippen LogP contribution in [0.15, 0.2) is 24.4 Å². The molecule has 1 saturated heterocycles. The number of hydrogen-bond acceptors (Lipinski definition) is 6. The fourth-order valence-corrected chi connectivity index (χ4v) is 4.31. The van der Waals surface area contributed by atoms with E-state index in [1.165, 1.54) is 0 Å². The second kappa shape index (κ2) is 9.50. The number of aromatic amines is 1. The minimum Gasteiger partial charge on any atom is -0.426 e. The summed E-state index contributed by atoms with van der Waals surface area (Å²) in [5.74, 6) is -0.670. The molecular formula is C22H32BN5O4. The van der Waals surface area contributed by atoms with E-state index in [0.29, 0.717) is 18.8 Å². The Morgan fingerprint density at radius 1 is 1.25 bits per heavy atom. The molecule has 10 heteroatoms. The highest BCUT2D eigenvalue weighted by Gasteiger charge is 2.38. The number of nitrogens with one attached hydrogen (secondary N) is 3. The summed E-state index contributed by atoms with van der Waals surface area (Å²) in [6.45, 7) is 4.68. The normalized spacial score (nSPS) is 20.0. The molecule has 3 atom stereocenters. The number of amides is 2. The van der Waals surface area contributed by atoms with Crippen LogP contribution in [0.1, 0.15) is 46.0 Å². The van der Waals surface area contributed by atoms with Crippen molar-refractivity contribution in [2.45, 2.75) is 64.0 Å². The van der Waals surface area contributed by atoms with Crippen LogP contribution in [-0.4, -0.2) is 63.7 Å². The van der Waals surface area contributed by atoms with Crippen LogP contribution in [-0.2, 0) is 9.59 Å². The number of aromatic nitrogens is 2. The van der Waals surface area contributed by atoms with Crippen LogP contribution in [0.5, 0.6) is 0 Å². The predicted molar refractivity (Wildman–Crippen MR) is 123 cm³/mol. The van der Waals surface area contributed by atoms with Crippen LogP contribution in [0.25, 0.3) is 10.9 Å². The number of carbonyl (C=O) groups excluding carboxylic acids is 2. The van der Waals surface area contributed by atoms with E-state index in [2.05, 4.69) is 20.8 Å². The number of benzene rings is 1. The largest absolute Gasteiger partial charge is 0.475 e. The van der Waals surface area contributed by atoms with Gasteiger partial charge in [-0.15, -0.1) is 0 Å². The lowest BCUT2D eigenvalue weighted by Crippen LogP contribution is -2.61. The summed E-state index contributed by atoms with van der Waals surface area (Å²) >= 11 is 0. The summed E-state index contributed by atoms with van der Waals surface area (Å²) in [5, 5.41) is 33.0. The Morgan fingerprint density at radius 2 is 2.03 bits per heavy atom. The van der Waals surface area contributed by atoms with Gasteiger partial charge in [0.1, 0.15) is 12.1 Å². The van der Waals surface area contributed by atoms with Crippen molar-refractivity contribution in [3.63, 3.8) is 0 Å². The zero-order chi connectivity index (χ0) is 22.8. The lowest BCUT2D eigenvalue weighted by atomic mass is 9.75. The molecule has 2 heterocycles. The molecule has 2 aromatic rings. The summed E-state index contributed by atoms with van der Waals surface area (Å²) in [5.41, 5.74) is 1.90. The van der Waals surface area contributed by atoms with E-state index in [4.69, 9.17) is 0 Å². The Morgan fingerprint density at radius 3 is 2.66 bits per heavy atom. The zero-order valence-electron chi connectivity index (χ0n) is 18.6. The molecule has 0 spiro atoms. The average Bonchev–Trinajstić information content (AvgIpc) is 3.39. The van der Waals surface area contributed by atoms with Gasteiger partial charge < -0.3 is 25.6 Å². The van der Waals surface area contributed by atoms with Crippen LogP contribution >= 0.6 is 0 Å². The summed E-state index contributed by atoms with van der Waals surface area (Å²) in [6.07, 6.45) is 5.60. The molecule has 2 fully saturated rings. The summed E-state index contributed by atoms with van der Waals surface area (Å²) in [4.78, 5) is 28.1. The fourth-order valence-electron chi connectivity index (χ4n) is 4.31. The van der Waals surface area contributed by atoms with Crippen molar-refractivity contribution < 1.29 is 19.6 Å². The fraction of sp³-hybridized carbons (Fsp3) is 0.591. The number of carbonyl (C=O) groups is 2. The number of nitrogens with zero attached hydrogens (tertiary/aromatic N) is 2. The van der Waals surface area contributed by atoms with Gasteiger partial charge in [0.15, 0.2) is 0 Å². The Kier molecular flexibility index (Phi) is 6.71. The second-order valence-electron chi connectivity index (χ2n) is 9.54.